The number of halogens is 2. The van der Waals surface area contributed by atoms with Gasteiger partial charge in [-0.1, -0.05) is 12.1 Å². The molecule has 156 valence electrons. The minimum atomic E-state index is -0.585. The quantitative estimate of drug-likeness (QED) is 0.659. The first-order chi connectivity index (χ1) is 14.3. The molecule has 0 spiro atoms. The van der Waals surface area contributed by atoms with E-state index >= 15 is 0 Å². The number of ketones is 1. The molecule has 2 aromatic carbocycles. The van der Waals surface area contributed by atoms with Gasteiger partial charge in [-0.25, -0.2) is 14.0 Å². The first-order valence-electron chi connectivity index (χ1n) is 8.85. The molecule has 9 heteroatoms. The van der Waals surface area contributed by atoms with Crippen LogP contribution in [0.1, 0.15) is 28.4 Å². The van der Waals surface area contributed by atoms with E-state index in [1.54, 1.807) is 0 Å². The number of carbonyl (C=O) groups is 3. The summed E-state index contributed by atoms with van der Waals surface area (Å²) >= 11 is 3.33. The molecule has 0 saturated carbocycles. The molecular weight excluding hydrogens is 459 g/mol. The van der Waals surface area contributed by atoms with Gasteiger partial charge in [-0.05, 0) is 45.8 Å². The van der Waals surface area contributed by atoms with Crippen molar-refractivity contribution >= 4 is 39.4 Å². The number of hydrogen-bond acceptors (Lipinski definition) is 5. The van der Waals surface area contributed by atoms with E-state index in [2.05, 4.69) is 21.2 Å². The number of benzene rings is 2. The summed E-state index contributed by atoms with van der Waals surface area (Å²) in [4.78, 5) is 38.2. The Morgan fingerprint density at radius 1 is 1.20 bits per heavy atom. The molecule has 0 aliphatic carbocycles. The van der Waals surface area contributed by atoms with E-state index in [0.717, 1.165) is 0 Å². The van der Waals surface area contributed by atoms with Crippen molar-refractivity contribution in [2.45, 2.75) is 12.5 Å². The summed E-state index contributed by atoms with van der Waals surface area (Å²) in [6.07, 6.45) is 2.78. The second-order valence-electron chi connectivity index (χ2n) is 6.41. The number of amides is 2. The van der Waals surface area contributed by atoms with Crippen molar-refractivity contribution in [3.63, 3.8) is 0 Å². The highest BCUT2D eigenvalue weighted by molar-refractivity contribution is 9.10. The molecule has 0 saturated heterocycles. The molecule has 1 aliphatic rings. The number of esters is 1. The van der Waals surface area contributed by atoms with Crippen LogP contribution in [0.3, 0.4) is 0 Å². The molecule has 0 fully saturated rings. The molecule has 30 heavy (non-hydrogen) atoms. The fraction of sp³-hybridized carbons (Fsp3) is 0.190. The van der Waals surface area contributed by atoms with Crippen LogP contribution < -0.4 is 10.1 Å². The number of methoxy groups -OCH3 is 2. The molecule has 1 atom stereocenters. The van der Waals surface area contributed by atoms with Crippen LogP contribution in [0.25, 0.3) is 0 Å². The zero-order valence-electron chi connectivity index (χ0n) is 16.1. The third kappa shape index (κ3) is 4.51. The lowest BCUT2D eigenvalue weighted by Crippen LogP contribution is -2.37. The molecule has 1 heterocycles. The molecular formula is C21H18BrFN2O5. The van der Waals surface area contributed by atoms with Crippen LogP contribution in [0, 0.1) is 5.82 Å². The largest absolute Gasteiger partial charge is 0.496 e. The molecule has 0 unspecified atom stereocenters. The van der Waals surface area contributed by atoms with E-state index in [9.17, 15) is 18.8 Å². The zero-order valence-corrected chi connectivity index (χ0v) is 17.7. The molecule has 0 radical (unpaired) electrons. The second-order valence-corrected chi connectivity index (χ2v) is 7.27. The first-order valence-corrected chi connectivity index (χ1v) is 9.65. The number of nitrogens with one attached hydrogen (secondary N) is 1. The third-order valence-electron chi connectivity index (χ3n) is 4.58. The van der Waals surface area contributed by atoms with Gasteiger partial charge in [0.15, 0.2) is 5.78 Å². The summed E-state index contributed by atoms with van der Waals surface area (Å²) < 4.78 is 23.7. The lowest BCUT2D eigenvalue weighted by molar-refractivity contribution is -0.116. The number of anilines is 1. The fourth-order valence-corrected chi connectivity index (χ4v) is 3.51. The van der Waals surface area contributed by atoms with Gasteiger partial charge in [0.1, 0.15) is 17.1 Å². The molecule has 0 aromatic heterocycles. The van der Waals surface area contributed by atoms with Crippen molar-refractivity contribution in [1.82, 2.24) is 4.90 Å². The van der Waals surface area contributed by atoms with E-state index in [1.807, 2.05) is 0 Å². The summed E-state index contributed by atoms with van der Waals surface area (Å²) in [7, 11) is 2.65. The van der Waals surface area contributed by atoms with Crippen molar-refractivity contribution in [1.29, 1.82) is 0 Å². The van der Waals surface area contributed by atoms with E-state index in [-0.39, 0.29) is 23.5 Å². The fourth-order valence-electron chi connectivity index (χ4n) is 3.06. The predicted octanol–water partition coefficient (Wildman–Crippen LogP) is 4.45. The van der Waals surface area contributed by atoms with Crippen molar-refractivity contribution in [2.75, 3.05) is 19.5 Å². The van der Waals surface area contributed by atoms with Gasteiger partial charge in [0.25, 0.3) is 0 Å². The Hall–Kier alpha value is -3.20. The topological polar surface area (TPSA) is 84.9 Å². The van der Waals surface area contributed by atoms with Gasteiger partial charge in [-0.15, -0.1) is 0 Å². The van der Waals surface area contributed by atoms with Gasteiger partial charge in [-0.3, -0.25) is 9.69 Å². The molecule has 7 nitrogen and oxygen atoms in total. The average molecular weight is 477 g/mol. The summed E-state index contributed by atoms with van der Waals surface area (Å²) in [6.45, 7) is 0. The number of rotatable bonds is 4. The maximum absolute atomic E-state index is 13.3. The molecule has 1 N–H and O–H groups in total. The molecule has 0 bridgehead atoms. The van der Waals surface area contributed by atoms with E-state index in [1.165, 1.54) is 67.8 Å². The van der Waals surface area contributed by atoms with Crippen LogP contribution in [0.5, 0.6) is 5.75 Å². The Bertz CT molecular complexity index is 1020. The standard InChI is InChI=1S/C21H18BrFN2O5/c1-29-19-11-17(16(22)10-15(19)20(27)30-2)24-21(28)25-8-7-14(26)9-18(25)12-3-5-13(23)6-4-12/h3-8,10-11,18H,9H2,1-2H3,(H,24,28)/t18-/m0/s1. The summed E-state index contributed by atoms with van der Waals surface area (Å²) in [5, 5.41) is 2.74. The number of urea groups is 1. The minimum Gasteiger partial charge on any atom is -0.496 e. The van der Waals surface area contributed by atoms with Gasteiger partial charge in [0.2, 0.25) is 0 Å². The van der Waals surface area contributed by atoms with Crippen LogP contribution in [0.15, 0.2) is 53.1 Å². The Kier molecular flexibility index (Phi) is 6.51. The SMILES string of the molecule is COC(=O)c1cc(Br)c(NC(=O)N2C=CC(=O)C[C@H]2c2ccc(F)cc2)cc1OC. The van der Waals surface area contributed by atoms with Crippen LogP contribution >= 0.6 is 15.9 Å². The van der Waals surface area contributed by atoms with Crippen molar-refractivity contribution in [2.24, 2.45) is 0 Å². The van der Waals surface area contributed by atoms with Gasteiger partial charge < -0.3 is 14.8 Å². The summed E-state index contributed by atoms with van der Waals surface area (Å²) in [6, 6.07) is 7.50. The van der Waals surface area contributed by atoms with Gasteiger partial charge in [-0.2, -0.15) is 0 Å². The number of nitrogens with zero attached hydrogens (tertiary/aromatic N) is 1. The highest BCUT2D eigenvalue weighted by Gasteiger charge is 2.29. The number of carbonyl (C=O) groups excluding carboxylic acids is 3. The third-order valence-corrected chi connectivity index (χ3v) is 5.23. The smallest absolute Gasteiger partial charge is 0.341 e. The maximum Gasteiger partial charge on any atom is 0.341 e. The predicted molar refractivity (Wildman–Crippen MR) is 111 cm³/mol. The Morgan fingerprint density at radius 2 is 1.90 bits per heavy atom. The zero-order chi connectivity index (χ0) is 21.8. The Balaban J connectivity index is 1.90. The summed E-state index contributed by atoms with van der Waals surface area (Å²) in [5.41, 5.74) is 1.17. The molecule has 1 aliphatic heterocycles. The van der Waals surface area contributed by atoms with E-state index < -0.39 is 23.9 Å². The molecule has 3 rings (SSSR count). The van der Waals surface area contributed by atoms with Crippen molar-refractivity contribution < 1.29 is 28.2 Å². The maximum atomic E-state index is 13.3. The number of allylic oxidation sites excluding steroid dienone is 1. The van der Waals surface area contributed by atoms with Crippen molar-refractivity contribution in [3.8, 4) is 5.75 Å². The van der Waals surface area contributed by atoms with Gasteiger partial charge in [0.05, 0.1) is 25.9 Å². The normalized spacial score (nSPS) is 15.7. The van der Waals surface area contributed by atoms with Gasteiger partial charge in [0, 0.05) is 23.2 Å². The number of hydrogen-bond donors (Lipinski definition) is 1. The van der Waals surface area contributed by atoms with Crippen LogP contribution in [-0.4, -0.2) is 36.9 Å². The first kappa shape index (κ1) is 21.5. The molecule has 2 amide bonds. The lowest BCUT2D eigenvalue weighted by Gasteiger charge is -2.31. The van der Waals surface area contributed by atoms with Crippen LogP contribution in [0.4, 0.5) is 14.9 Å². The average Bonchev–Trinajstić information content (AvgIpc) is 2.74. The minimum absolute atomic E-state index is 0.0708. The lowest BCUT2D eigenvalue weighted by atomic mass is 9.97. The van der Waals surface area contributed by atoms with Crippen LogP contribution in [0.2, 0.25) is 0 Å². The number of ether oxygens (including phenoxy) is 2. The Morgan fingerprint density at radius 3 is 2.53 bits per heavy atom. The van der Waals surface area contributed by atoms with Crippen LogP contribution in [-0.2, 0) is 9.53 Å². The second kappa shape index (κ2) is 9.08. The monoisotopic (exact) mass is 476 g/mol. The van der Waals surface area contributed by atoms with Gasteiger partial charge >= 0.3 is 12.0 Å². The highest BCUT2D eigenvalue weighted by Crippen LogP contribution is 2.34. The van der Waals surface area contributed by atoms with Crippen molar-refractivity contribution in [3.05, 3.63) is 70.1 Å². The Labute approximate surface area is 180 Å². The molecule has 2 aromatic rings. The van der Waals surface area contributed by atoms with E-state index in [0.29, 0.717) is 15.7 Å². The highest BCUT2D eigenvalue weighted by atomic mass is 79.9. The summed E-state index contributed by atoms with van der Waals surface area (Å²) in [5.74, 6) is -0.910. The van der Waals surface area contributed by atoms with E-state index in [4.69, 9.17) is 9.47 Å².